The minimum atomic E-state index is -0.727. The van der Waals surface area contributed by atoms with Crippen LogP contribution in [0.3, 0.4) is 0 Å². The molecule has 0 aliphatic rings. The molecule has 0 heterocycles. The van der Waals surface area contributed by atoms with Crippen LogP contribution in [0.25, 0.3) is 6.08 Å². The summed E-state index contributed by atoms with van der Waals surface area (Å²) in [5.41, 5.74) is 3.05. The molecule has 25 heavy (non-hydrogen) atoms. The summed E-state index contributed by atoms with van der Waals surface area (Å²) in [6, 6.07) is 9.88. The smallest absolute Gasteiger partial charge is 0.331 e. The maximum Gasteiger partial charge on any atom is 0.331 e. The number of hydrogen-bond donors (Lipinski definition) is 1. The van der Waals surface area contributed by atoms with Crippen LogP contribution < -0.4 is 5.32 Å². The van der Waals surface area contributed by atoms with Crippen LogP contribution in [0.15, 0.2) is 46.9 Å². The lowest BCUT2D eigenvalue weighted by Crippen LogP contribution is -2.20. The van der Waals surface area contributed by atoms with Crippen LogP contribution in [-0.4, -0.2) is 18.5 Å². The Labute approximate surface area is 153 Å². The molecule has 1 N–H and O–H groups in total. The fourth-order valence-corrected chi connectivity index (χ4v) is 2.38. The van der Waals surface area contributed by atoms with E-state index in [0.717, 1.165) is 17.2 Å². The van der Waals surface area contributed by atoms with Crippen molar-refractivity contribution in [2.24, 2.45) is 0 Å². The second-order valence-corrected chi connectivity index (χ2v) is 6.37. The van der Waals surface area contributed by atoms with Crippen LogP contribution >= 0.6 is 15.9 Å². The molecule has 130 valence electrons. The quantitative estimate of drug-likeness (QED) is 0.592. The van der Waals surface area contributed by atoms with Gasteiger partial charge in [0.05, 0.1) is 0 Å². The van der Waals surface area contributed by atoms with E-state index in [1.165, 1.54) is 18.2 Å². The van der Waals surface area contributed by atoms with E-state index in [9.17, 15) is 14.0 Å². The Balaban J connectivity index is 1.86. The summed E-state index contributed by atoms with van der Waals surface area (Å²) >= 11 is 3.22. The Morgan fingerprint density at radius 2 is 1.92 bits per heavy atom. The molecule has 2 rings (SSSR count). The number of anilines is 1. The molecule has 2 aromatic carbocycles. The summed E-state index contributed by atoms with van der Waals surface area (Å²) in [6.07, 6.45) is 2.37. The number of rotatable bonds is 5. The Morgan fingerprint density at radius 3 is 2.64 bits per heavy atom. The lowest BCUT2D eigenvalue weighted by atomic mass is 10.1. The normalized spacial score (nSPS) is 10.7. The molecule has 0 aliphatic heterocycles. The van der Waals surface area contributed by atoms with Gasteiger partial charge in [-0.3, -0.25) is 4.79 Å². The molecule has 0 spiro atoms. The topological polar surface area (TPSA) is 55.4 Å². The van der Waals surface area contributed by atoms with E-state index < -0.39 is 24.3 Å². The van der Waals surface area contributed by atoms with Crippen LogP contribution in [0, 0.1) is 19.7 Å². The molecule has 0 aromatic heterocycles. The van der Waals surface area contributed by atoms with E-state index in [2.05, 4.69) is 21.2 Å². The molecule has 2 aromatic rings. The maximum absolute atomic E-state index is 13.5. The van der Waals surface area contributed by atoms with E-state index in [1.54, 1.807) is 12.1 Å². The van der Waals surface area contributed by atoms with Gasteiger partial charge in [0, 0.05) is 21.8 Å². The summed E-state index contributed by atoms with van der Waals surface area (Å²) in [5, 5.41) is 2.65. The predicted octanol–water partition coefficient (Wildman–Crippen LogP) is 4.40. The number of carbonyl (C=O) groups is 2. The third kappa shape index (κ3) is 5.83. The van der Waals surface area contributed by atoms with E-state index in [4.69, 9.17) is 4.74 Å². The average molecular weight is 406 g/mol. The van der Waals surface area contributed by atoms with E-state index in [-0.39, 0.29) is 5.56 Å². The van der Waals surface area contributed by atoms with Gasteiger partial charge in [0.2, 0.25) is 0 Å². The molecule has 6 heteroatoms. The molecule has 0 bridgehead atoms. The van der Waals surface area contributed by atoms with Crippen molar-refractivity contribution in [1.82, 2.24) is 0 Å². The van der Waals surface area contributed by atoms with Crippen molar-refractivity contribution in [2.75, 3.05) is 11.9 Å². The lowest BCUT2D eigenvalue weighted by molar-refractivity contribution is -0.142. The second kappa shape index (κ2) is 8.58. The van der Waals surface area contributed by atoms with Crippen LogP contribution in [0.4, 0.5) is 10.1 Å². The van der Waals surface area contributed by atoms with Gasteiger partial charge in [-0.2, -0.15) is 0 Å². The minimum absolute atomic E-state index is 0.242. The highest BCUT2D eigenvalue weighted by molar-refractivity contribution is 9.10. The number of halogens is 2. The van der Waals surface area contributed by atoms with Crippen molar-refractivity contribution in [3.05, 3.63) is 69.5 Å². The van der Waals surface area contributed by atoms with Crippen LogP contribution in [0.1, 0.15) is 16.7 Å². The number of nitrogens with one attached hydrogen (secondary N) is 1. The average Bonchev–Trinajstić information content (AvgIpc) is 2.57. The molecule has 1 amide bonds. The number of esters is 1. The second-order valence-electron chi connectivity index (χ2n) is 5.45. The first-order valence-corrected chi connectivity index (χ1v) is 8.31. The summed E-state index contributed by atoms with van der Waals surface area (Å²) in [7, 11) is 0. The van der Waals surface area contributed by atoms with Gasteiger partial charge in [0.1, 0.15) is 5.82 Å². The summed E-state index contributed by atoms with van der Waals surface area (Å²) in [4.78, 5) is 23.5. The monoisotopic (exact) mass is 405 g/mol. The number of ether oxygens (including phenoxy) is 1. The fourth-order valence-electron chi connectivity index (χ4n) is 2.00. The Morgan fingerprint density at radius 1 is 1.16 bits per heavy atom. The first-order valence-electron chi connectivity index (χ1n) is 7.52. The van der Waals surface area contributed by atoms with Gasteiger partial charge in [0.25, 0.3) is 5.91 Å². The highest BCUT2D eigenvalue weighted by Gasteiger charge is 2.07. The van der Waals surface area contributed by atoms with Crippen molar-refractivity contribution >= 4 is 39.6 Å². The molecule has 0 saturated carbocycles. The molecule has 0 radical (unpaired) electrons. The van der Waals surface area contributed by atoms with E-state index in [1.807, 2.05) is 26.0 Å². The molecule has 4 nitrogen and oxygen atoms in total. The Bertz CT molecular complexity index is 833. The number of aryl methyl sites for hydroxylation is 2. The molecular weight excluding hydrogens is 389 g/mol. The van der Waals surface area contributed by atoms with Crippen molar-refractivity contribution < 1.29 is 18.7 Å². The Kier molecular flexibility index (Phi) is 6.47. The van der Waals surface area contributed by atoms with Gasteiger partial charge in [-0.25, -0.2) is 9.18 Å². The zero-order valence-electron chi connectivity index (χ0n) is 13.8. The number of amides is 1. The third-order valence-electron chi connectivity index (χ3n) is 3.49. The zero-order valence-corrected chi connectivity index (χ0v) is 15.4. The standard InChI is InChI=1S/C19H17BrFNO3/c1-12-3-6-16(9-13(12)2)22-18(23)11-25-19(24)8-4-14-10-15(20)5-7-17(14)21/h3-10H,11H2,1-2H3,(H,22,23)/b8-4+. The number of benzene rings is 2. The molecule has 0 unspecified atom stereocenters. The van der Waals surface area contributed by atoms with Crippen LogP contribution in [0.5, 0.6) is 0 Å². The van der Waals surface area contributed by atoms with Gasteiger partial charge < -0.3 is 10.1 Å². The molecule has 0 atom stereocenters. The van der Waals surface area contributed by atoms with Gasteiger partial charge in [-0.15, -0.1) is 0 Å². The van der Waals surface area contributed by atoms with Crippen molar-refractivity contribution in [2.45, 2.75) is 13.8 Å². The van der Waals surface area contributed by atoms with Gasteiger partial charge in [-0.1, -0.05) is 22.0 Å². The van der Waals surface area contributed by atoms with Crippen molar-refractivity contribution in [1.29, 1.82) is 0 Å². The predicted molar refractivity (Wildman–Crippen MR) is 98.6 cm³/mol. The van der Waals surface area contributed by atoms with Gasteiger partial charge >= 0.3 is 5.97 Å². The fraction of sp³-hybridized carbons (Fsp3) is 0.158. The lowest BCUT2D eigenvalue weighted by Gasteiger charge is -2.07. The van der Waals surface area contributed by atoms with Crippen molar-refractivity contribution in [3.8, 4) is 0 Å². The summed E-state index contributed by atoms with van der Waals surface area (Å²) in [6.45, 7) is 3.50. The minimum Gasteiger partial charge on any atom is -0.452 e. The van der Waals surface area contributed by atoms with Crippen LogP contribution in [0.2, 0.25) is 0 Å². The molecule has 0 fully saturated rings. The van der Waals surface area contributed by atoms with Crippen LogP contribution in [-0.2, 0) is 14.3 Å². The first-order chi connectivity index (χ1) is 11.8. The summed E-state index contributed by atoms with van der Waals surface area (Å²) in [5.74, 6) is -1.63. The molecular formula is C19H17BrFNO3. The maximum atomic E-state index is 13.5. The number of hydrogen-bond acceptors (Lipinski definition) is 3. The van der Waals surface area contributed by atoms with E-state index in [0.29, 0.717) is 10.2 Å². The Hall–Kier alpha value is -2.47. The van der Waals surface area contributed by atoms with Gasteiger partial charge in [0.15, 0.2) is 6.61 Å². The first kappa shape index (κ1) is 18.9. The molecule has 0 aliphatic carbocycles. The van der Waals surface area contributed by atoms with Crippen molar-refractivity contribution in [3.63, 3.8) is 0 Å². The number of carbonyl (C=O) groups excluding carboxylic acids is 2. The SMILES string of the molecule is Cc1ccc(NC(=O)COC(=O)/C=C/c2cc(Br)ccc2F)cc1C. The zero-order chi connectivity index (χ0) is 18.4. The highest BCUT2D eigenvalue weighted by Crippen LogP contribution is 2.17. The summed E-state index contributed by atoms with van der Waals surface area (Å²) < 4.78 is 19.1. The van der Waals surface area contributed by atoms with Gasteiger partial charge in [-0.05, 0) is 61.4 Å². The largest absolute Gasteiger partial charge is 0.452 e. The van der Waals surface area contributed by atoms with E-state index >= 15 is 0 Å². The third-order valence-corrected chi connectivity index (χ3v) is 3.99. The highest BCUT2D eigenvalue weighted by atomic mass is 79.9. The molecule has 0 saturated heterocycles.